The molecule has 0 saturated heterocycles. The second-order valence-electron chi connectivity index (χ2n) is 5.01. The lowest BCUT2D eigenvalue weighted by molar-refractivity contribution is 1.24. The van der Waals surface area contributed by atoms with Gasteiger partial charge >= 0.3 is 0 Å². The minimum Gasteiger partial charge on any atom is -0.288 e. The normalized spacial score (nSPS) is 11.3. The molecule has 0 fully saturated rings. The fraction of sp³-hybridized carbons (Fsp3) is 0.125. The predicted octanol–water partition coefficient (Wildman–Crippen LogP) is 0.423. The topological polar surface area (TPSA) is 99.9 Å². The summed E-state index contributed by atoms with van der Waals surface area (Å²) >= 11 is 0. The van der Waals surface area contributed by atoms with Crippen molar-refractivity contribution < 1.29 is 0 Å². The minimum atomic E-state index is -0.558. The van der Waals surface area contributed by atoms with Crippen LogP contribution in [0.25, 0.3) is 21.5 Å². The van der Waals surface area contributed by atoms with Gasteiger partial charge in [0.15, 0.2) is 0 Å². The lowest BCUT2D eigenvalue weighted by Gasteiger charge is -2.06. The number of allylic oxidation sites excluding steroid dienone is 2. The smallest absolute Gasteiger partial charge is 0.259 e. The number of benzene rings is 1. The van der Waals surface area contributed by atoms with Gasteiger partial charge in [-0.25, -0.2) is 0 Å². The molecule has 0 aliphatic carbocycles. The number of hydrogen-bond acceptors (Lipinski definition) is 4. The van der Waals surface area contributed by atoms with Gasteiger partial charge in [0.2, 0.25) is 0 Å². The van der Waals surface area contributed by atoms with Crippen molar-refractivity contribution in [3.63, 3.8) is 0 Å². The summed E-state index contributed by atoms with van der Waals surface area (Å²) in [6.45, 7) is 7.21. The van der Waals surface area contributed by atoms with Gasteiger partial charge in [0, 0.05) is 0 Å². The Morgan fingerprint density at radius 1 is 0.636 bits per heavy atom. The van der Waals surface area contributed by atoms with Crippen LogP contribution in [0.4, 0.5) is 0 Å². The van der Waals surface area contributed by atoms with Crippen LogP contribution in [0.15, 0.2) is 44.5 Å². The molecule has 2 N–H and O–H groups in total. The summed E-state index contributed by atoms with van der Waals surface area (Å²) in [6, 6.07) is 0. The molecule has 3 rings (SSSR count). The Balaban J connectivity index is 2.80. The average Bonchev–Trinajstić information content (AvgIpc) is 2.91. The van der Waals surface area contributed by atoms with Gasteiger partial charge in [-0.2, -0.15) is 0 Å². The maximum absolute atomic E-state index is 12.1. The van der Waals surface area contributed by atoms with Gasteiger partial charge in [0.05, 0.1) is 21.5 Å². The largest absolute Gasteiger partial charge is 0.288 e. The molecule has 0 unspecified atom stereocenters. The van der Waals surface area contributed by atoms with Crippen molar-refractivity contribution >= 4 is 21.5 Å². The molecule has 0 amide bonds. The molecule has 22 heavy (non-hydrogen) atoms. The van der Waals surface area contributed by atoms with E-state index < -0.39 is 22.2 Å². The molecule has 0 aliphatic rings. The monoisotopic (exact) mass is 296 g/mol. The fourth-order valence-electron chi connectivity index (χ4n) is 3.01. The first-order valence-electron chi connectivity index (χ1n) is 6.66. The van der Waals surface area contributed by atoms with Crippen LogP contribution in [0.2, 0.25) is 0 Å². The van der Waals surface area contributed by atoms with E-state index in [1.54, 1.807) is 0 Å². The molecule has 2 aromatic heterocycles. The van der Waals surface area contributed by atoms with Crippen LogP contribution >= 0.6 is 0 Å². The van der Waals surface area contributed by atoms with Crippen LogP contribution < -0.4 is 22.2 Å². The lowest BCUT2D eigenvalue weighted by atomic mass is 9.93. The first-order chi connectivity index (χ1) is 10.5. The Kier molecular flexibility index (Phi) is 3.02. The van der Waals surface area contributed by atoms with E-state index in [0.29, 0.717) is 11.1 Å². The van der Waals surface area contributed by atoms with Crippen molar-refractivity contribution in [3.05, 3.63) is 77.9 Å². The summed E-state index contributed by atoms with van der Waals surface area (Å²) < 4.78 is 0. The first kappa shape index (κ1) is 13.9. The van der Waals surface area contributed by atoms with Crippen molar-refractivity contribution in [2.45, 2.75) is 12.8 Å². The van der Waals surface area contributed by atoms with E-state index in [-0.39, 0.29) is 34.4 Å². The number of nitrogens with one attached hydrogen (secondary N) is 2. The van der Waals surface area contributed by atoms with Gasteiger partial charge in [-0.05, 0) is 24.0 Å². The van der Waals surface area contributed by atoms with E-state index >= 15 is 0 Å². The molecule has 1 aromatic carbocycles. The summed E-state index contributed by atoms with van der Waals surface area (Å²) in [4.78, 5) is 52.9. The van der Waals surface area contributed by atoms with E-state index in [4.69, 9.17) is 0 Å². The van der Waals surface area contributed by atoms with Gasteiger partial charge < -0.3 is 0 Å². The van der Waals surface area contributed by atoms with Crippen LogP contribution in [0, 0.1) is 0 Å². The van der Waals surface area contributed by atoms with Crippen molar-refractivity contribution in [1.29, 1.82) is 0 Å². The zero-order chi connectivity index (χ0) is 16.0. The zero-order valence-electron chi connectivity index (χ0n) is 11.6. The van der Waals surface area contributed by atoms with Crippen LogP contribution in [0.3, 0.4) is 0 Å². The first-order valence-corrected chi connectivity index (χ1v) is 6.66. The molecule has 110 valence electrons. The molecule has 0 atom stereocenters. The van der Waals surface area contributed by atoms with E-state index in [1.807, 2.05) is 0 Å². The Morgan fingerprint density at radius 3 is 1.14 bits per heavy atom. The Labute approximate surface area is 123 Å². The highest BCUT2D eigenvalue weighted by molar-refractivity contribution is 6.05. The summed E-state index contributed by atoms with van der Waals surface area (Å²) in [5.41, 5.74) is -1.51. The summed E-state index contributed by atoms with van der Waals surface area (Å²) in [7, 11) is 0. The van der Waals surface area contributed by atoms with Crippen LogP contribution in [-0.2, 0) is 12.8 Å². The Hall–Kier alpha value is -3.02. The van der Waals surface area contributed by atoms with Crippen LogP contribution in [0.1, 0.15) is 11.1 Å². The second-order valence-corrected chi connectivity index (χ2v) is 5.01. The highest BCUT2D eigenvalue weighted by Crippen LogP contribution is 2.27. The molecule has 0 radical (unpaired) electrons. The molecule has 6 nitrogen and oxygen atoms in total. The third-order valence-electron chi connectivity index (χ3n) is 3.77. The highest BCUT2D eigenvalue weighted by atomic mass is 16.2. The molecular formula is C16H12N2O4. The van der Waals surface area contributed by atoms with Crippen LogP contribution in [0.5, 0.6) is 0 Å². The quantitative estimate of drug-likeness (QED) is 0.681. The molecule has 3 aromatic rings. The molecule has 0 spiro atoms. The van der Waals surface area contributed by atoms with Crippen molar-refractivity contribution in [2.75, 3.05) is 0 Å². The van der Waals surface area contributed by atoms with Gasteiger partial charge in [-0.1, -0.05) is 12.2 Å². The number of H-pyrrole nitrogens is 2. The summed E-state index contributed by atoms with van der Waals surface area (Å²) in [6.07, 6.45) is 3.46. The number of aromatic nitrogens is 2. The third-order valence-corrected chi connectivity index (χ3v) is 3.77. The lowest BCUT2D eigenvalue weighted by Crippen LogP contribution is -2.08. The van der Waals surface area contributed by atoms with Gasteiger partial charge in [-0.3, -0.25) is 29.1 Å². The molecule has 0 aliphatic heterocycles. The number of hydrogen-bond donors (Lipinski definition) is 2. The van der Waals surface area contributed by atoms with Crippen molar-refractivity contribution in [3.8, 4) is 0 Å². The Bertz CT molecular complexity index is 971. The second kappa shape index (κ2) is 4.77. The van der Waals surface area contributed by atoms with E-state index in [1.165, 1.54) is 12.2 Å². The van der Waals surface area contributed by atoms with Gasteiger partial charge in [0.25, 0.3) is 22.2 Å². The maximum Gasteiger partial charge on any atom is 0.259 e. The average molecular weight is 296 g/mol. The maximum atomic E-state index is 12.1. The molecule has 0 saturated carbocycles. The number of rotatable bonds is 4. The van der Waals surface area contributed by atoms with E-state index in [0.717, 1.165) is 0 Å². The molecular weight excluding hydrogens is 284 g/mol. The highest BCUT2D eigenvalue weighted by Gasteiger charge is 2.23. The zero-order valence-corrected chi connectivity index (χ0v) is 11.6. The van der Waals surface area contributed by atoms with Gasteiger partial charge in [-0.15, -0.1) is 13.2 Å². The molecule has 0 bridgehead atoms. The van der Waals surface area contributed by atoms with Crippen molar-refractivity contribution in [2.24, 2.45) is 0 Å². The fourth-order valence-corrected chi connectivity index (χ4v) is 3.01. The minimum absolute atomic E-state index is 0.158. The molecule has 6 heteroatoms. The van der Waals surface area contributed by atoms with Gasteiger partial charge in [0.1, 0.15) is 0 Å². The molecule has 2 heterocycles. The number of aromatic amines is 2. The predicted molar refractivity (Wildman–Crippen MR) is 85.4 cm³/mol. The third kappa shape index (κ3) is 1.67. The summed E-state index contributed by atoms with van der Waals surface area (Å²) in [5.74, 6) is 0. The SMILES string of the molecule is C=CCc1c2c(=O)[nH]c(=O)c2c(CC=C)c2c(=O)[nH]c(=O)c12. The van der Waals surface area contributed by atoms with E-state index in [9.17, 15) is 19.2 Å². The van der Waals surface area contributed by atoms with Crippen LogP contribution in [-0.4, -0.2) is 9.97 Å². The summed E-state index contributed by atoms with van der Waals surface area (Å²) in [5, 5.41) is 0.631. The van der Waals surface area contributed by atoms with E-state index in [2.05, 4.69) is 23.1 Å². The Morgan fingerprint density at radius 2 is 0.909 bits per heavy atom. The standard InChI is InChI=1S/C16H12N2O4/c1-3-5-7-9-11(15(21)17-13(9)19)8(6-4-2)12-10(7)14(20)18-16(12)22/h3-4H,1-2,5-6H2,(H,17,19,21)(H,18,20,22). The van der Waals surface area contributed by atoms with Crippen molar-refractivity contribution in [1.82, 2.24) is 9.97 Å². The number of fused-ring (bicyclic) bond motifs is 2.